The average molecular weight is 719 g/mol. The van der Waals surface area contributed by atoms with E-state index in [9.17, 15) is 17.6 Å². The molecule has 6 rings (SSSR count). The van der Waals surface area contributed by atoms with Crippen LogP contribution in [0.15, 0.2) is 129 Å². The van der Waals surface area contributed by atoms with Gasteiger partial charge in [-0.3, -0.25) is 0 Å². The maximum atomic E-state index is 13.2. The Bertz CT molecular complexity index is 1910. The molecular weight excluding hydrogens is 680 g/mol. The van der Waals surface area contributed by atoms with Gasteiger partial charge < -0.3 is 42.2 Å². The van der Waals surface area contributed by atoms with Crippen LogP contribution in [0.2, 0.25) is 0 Å². The fourth-order valence-corrected chi connectivity index (χ4v) is 5.01. The first-order valence-electron chi connectivity index (χ1n) is 16.1. The number of hydrogen-bond acceptors (Lipinski definition) is 4. The minimum atomic E-state index is -2.75. The molecule has 2 aliphatic heterocycles. The highest BCUT2D eigenvalue weighted by atomic mass is 19.3. The molecule has 2 saturated heterocycles. The van der Waals surface area contributed by atoms with E-state index in [-0.39, 0.29) is 49.8 Å². The van der Waals surface area contributed by atoms with Crippen molar-refractivity contribution >= 4 is 35.2 Å². The third-order valence-electron chi connectivity index (χ3n) is 7.54. The number of halogens is 4. The van der Waals surface area contributed by atoms with Crippen molar-refractivity contribution in [3.63, 3.8) is 0 Å². The van der Waals surface area contributed by atoms with Gasteiger partial charge in [-0.2, -0.15) is 9.98 Å². The first-order valence-corrected chi connectivity index (χ1v) is 16.1. The van der Waals surface area contributed by atoms with Crippen molar-refractivity contribution in [2.24, 2.45) is 42.9 Å². The summed E-state index contributed by atoms with van der Waals surface area (Å²) in [5, 5.41) is 0. The number of hydrogen-bond donors (Lipinski definition) is 4. The highest BCUT2D eigenvalue weighted by Crippen LogP contribution is 2.28. The quantitative estimate of drug-likeness (QED) is 0.104. The first kappa shape index (κ1) is 36.9. The second kappa shape index (κ2) is 16.6. The Labute approximate surface area is 297 Å². The number of benzene rings is 4. The summed E-state index contributed by atoms with van der Waals surface area (Å²) in [4.78, 5) is 18.6. The Morgan fingerprint density at radius 1 is 0.519 bits per heavy atom. The molecule has 52 heavy (non-hydrogen) atoms. The minimum Gasteiger partial charge on any atom is -0.457 e. The Balaban J connectivity index is 0.000000201. The van der Waals surface area contributed by atoms with Crippen molar-refractivity contribution in [3.8, 4) is 23.0 Å². The zero-order valence-electron chi connectivity index (χ0n) is 28.0. The third kappa shape index (κ3) is 11.4. The van der Waals surface area contributed by atoms with E-state index in [0.717, 1.165) is 5.75 Å². The Kier molecular flexibility index (Phi) is 11.8. The summed E-state index contributed by atoms with van der Waals surface area (Å²) in [6.07, 6.45) is -0.498. The summed E-state index contributed by atoms with van der Waals surface area (Å²) in [6.45, 7) is -0.645. The van der Waals surface area contributed by atoms with Crippen LogP contribution in [0.1, 0.15) is 12.8 Å². The highest BCUT2D eigenvalue weighted by molar-refractivity contribution is 5.95. The summed E-state index contributed by atoms with van der Waals surface area (Å²) in [6, 6.07) is 32.5. The number of para-hydroxylation sites is 2. The van der Waals surface area contributed by atoms with Crippen LogP contribution in [0.25, 0.3) is 0 Å². The van der Waals surface area contributed by atoms with Crippen molar-refractivity contribution < 1.29 is 27.0 Å². The van der Waals surface area contributed by atoms with Gasteiger partial charge >= 0.3 is 0 Å². The van der Waals surface area contributed by atoms with Crippen molar-refractivity contribution in [2.45, 2.75) is 24.7 Å². The molecule has 0 atom stereocenters. The summed E-state index contributed by atoms with van der Waals surface area (Å²) in [5.41, 5.74) is 24.0. The van der Waals surface area contributed by atoms with Gasteiger partial charge in [0.15, 0.2) is 11.9 Å². The van der Waals surface area contributed by atoms with E-state index < -0.39 is 24.9 Å². The monoisotopic (exact) mass is 718 g/mol. The van der Waals surface area contributed by atoms with Gasteiger partial charge in [0.25, 0.3) is 11.8 Å². The summed E-state index contributed by atoms with van der Waals surface area (Å²) < 4.78 is 64.3. The number of rotatable bonds is 6. The molecule has 2 fully saturated rings. The van der Waals surface area contributed by atoms with Gasteiger partial charge in [-0.1, -0.05) is 42.5 Å². The Hall–Kier alpha value is -6.32. The van der Waals surface area contributed by atoms with Crippen molar-refractivity contribution in [1.29, 1.82) is 0 Å². The van der Waals surface area contributed by atoms with Crippen molar-refractivity contribution in [3.05, 3.63) is 109 Å². The lowest BCUT2D eigenvalue weighted by molar-refractivity contribution is 0.0168. The molecule has 16 heteroatoms. The zero-order chi connectivity index (χ0) is 37.1. The van der Waals surface area contributed by atoms with Gasteiger partial charge in [0, 0.05) is 32.0 Å². The maximum Gasteiger partial charge on any atom is 0.267 e. The van der Waals surface area contributed by atoms with Crippen LogP contribution in [0.5, 0.6) is 23.0 Å². The average Bonchev–Trinajstić information content (AvgIpc) is 3.67. The van der Waals surface area contributed by atoms with E-state index in [1.165, 1.54) is 9.80 Å². The third-order valence-corrected chi connectivity index (χ3v) is 7.54. The normalized spacial score (nSPS) is 17.4. The summed E-state index contributed by atoms with van der Waals surface area (Å²) >= 11 is 0. The van der Waals surface area contributed by atoms with Crippen molar-refractivity contribution in [2.75, 3.05) is 26.2 Å². The van der Waals surface area contributed by atoms with E-state index in [1.807, 2.05) is 60.7 Å². The molecule has 0 bridgehead atoms. The standard InChI is InChI=1S/2C18H19F2N5O/c19-18(20)9-10-25(12-18)17(22)24-16(21)23-13-5-4-8-15(11-13)26-14-6-2-1-3-7-14;19-18(20)10-11-25(12-18)17(22)24-16(21)23-13-6-8-15(9-7-13)26-14-4-2-1-3-5-14/h1-8,11H,9-10,12H2,(H4,21,22,23,24);1-9H,10-12H2,(H4,21,22,23,24). The van der Waals surface area contributed by atoms with E-state index in [1.54, 1.807) is 48.5 Å². The van der Waals surface area contributed by atoms with Gasteiger partial charge in [-0.25, -0.2) is 27.5 Å². The van der Waals surface area contributed by atoms with Gasteiger partial charge in [0.2, 0.25) is 11.9 Å². The van der Waals surface area contributed by atoms with Crippen LogP contribution in [0, 0.1) is 0 Å². The highest BCUT2D eigenvalue weighted by Gasteiger charge is 2.40. The van der Waals surface area contributed by atoms with E-state index in [4.69, 9.17) is 32.4 Å². The van der Waals surface area contributed by atoms with E-state index >= 15 is 0 Å². The van der Waals surface area contributed by atoms with Gasteiger partial charge in [0.05, 0.1) is 24.5 Å². The zero-order valence-corrected chi connectivity index (χ0v) is 28.0. The van der Waals surface area contributed by atoms with Gasteiger partial charge in [-0.05, 0) is 60.7 Å². The van der Waals surface area contributed by atoms with Crippen LogP contribution >= 0.6 is 0 Å². The lowest BCUT2D eigenvalue weighted by Gasteiger charge is -2.16. The maximum absolute atomic E-state index is 13.2. The first-order chi connectivity index (χ1) is 24.8. The summed E-state index contributed by atoms with van der Waals surface area (Å²) in [7, 11) is 0. The summed E-state index contributed by atoms with van der Waals surface area (Å²) in [5.74, 6) is -3.20. The van der Waals surface area contributed by atoms with Crippen LogP contribution in [-0.4, -0.2) is 71.7 Å². The van der Waals surface area contributed by atoms with Crippen LogP contribution in [-0.2, 0) is 0 Å². The molecule has 0 unspecified atom stereocenters. The number of alkyl halides is 4. The molecule has 0 spiro atoms. The predicted molar refractivity (Wildman–Crippen MR) is 194 cm³/mol. The molecule has 0 aliphatic carbocycles. The number of nitrogens with zero attached hydrogens (tertiary/aromatic N) is 6. The number of likely N-dealkylation sites (tertiary alicyclic amines) is 2. The molecule has 0 aromatic heterocycles. The number of guanidine groups is 4. The van der Waals surface area contributed by atoms with E-state index in [0.29, 0.717) is 28.6 Å². The second-order valence-corrected chi connectivity index (χ2v) is 11.8. The lowest BCUT2D eigenvalue weighted by Crippen LogP contribution is -2.38. The molecule has 2 aliphatic rings. The Morgan fingerprint density at radius 3 is 1.40 bits per heavy atom. The molecule has 0 saturated carbocycles. The van der Waals surface area contributed by atoms with Crippen LogP contribution < -0.4 is 32.4 Å². The molecule has 12 nitrogen and oxygen atoms in total. The SMILES string of the molecule is NC(=Nc1ccc(Oc2ccccc2)cc1)N=C(N)N1CCC(F)(F)C1.NC(=Nc1cccc(Oc2ccccc2)c1)N=C(N)N1CCC(F)(F)C1. The molecule has 272 valence electrons. The smallest absolute Gasteiger partial charge is 0.267 e. The van der Waals surface area contributed by atoms with Gasteiger partial charge in [0.1, 0.15) is 23.0 Å². The predicted octanol–water partition coefficient (Wildman–Crippen LogP) is 6.16. The molecule has 4 aromatic carbocycles. The Morgan fingerprint density at radius 2 is 0.942 bits per heavy atom. The number of aliphatic imine (C=N–C) groups is 4. The molecule has 0 radical (unpaired) electrons. The van der Waals surface area contributed by atoms with Gasteiger partial charge in [-0.15, -0.1) is 0 Å². The molecule has 8 N–H and O–H groups in total. The fraction of sp³-hybridized carbons (Fsp3) is 0.222. The second-order valence-electron chi connectivity index (χ2n) is 11.8. The molecule has 0 amide bonds. The number of ether oxygens (including phenoxy) is 2. The van der Waals surface area contributed by atoms with Crippen LogP contribution in [0.3, 0.4) is 0 Å². The lowest BCUT2D eigenvalue weighted by atomic mass is 10.3. The largest absolute Gasteiger partial charge is 0.457 e. The number of nitrogens with two attached hydrogens (primary N) is 4. The fourth-order valence-electron chi connectivity index (χ4n) is 5.01. The van der Waals surface area contributed by atoms with E-state index in [2.05, 4.69) is 20.0 Å². The molecular formula is C36H38F4N10O2. The minimum absolute atomic E-state index is 0.0625. The van der Waals surface area contributed by atoms with Crippen LogP contribution in [0.4, 0.5) is 28.9 Å². The topological polar surface area (TPSA) is 178 Å². The molecule has 4 aromatic rings. The molecule has 2 heterocycles. The van der Waals surface area contributed by atoms with Crippen molar-refractivity contribution in [1.82, 2.24) is 9.80 Å².